The van der Waals surface area contributed by atoms with Gasteiger partial charge in [-0.15, -0.1) is 12.4 Å². The van der Waals surface area contributed by atoms with E-state index in [-0.39, 0.29) is 18.4 Å². The second kappa shape index (κ2) is 9.34. The number of halogens is 1. The summed E-state index contributed by atoms with van der Waals surface area (Å²) in [5.74, 6) is 1.52. The van der Waals surface area contributed by atoms with Crippen molar-refractivity contribution in [3.63, 3.8) is 0 Å². The number of ether oxygens (including phenoxy) is 2. The molecule has 2 aromatic rings. The Balaban J connectivity index is 0.00000242. The molecule has 0 fully saturated rings. The van der Waals surface area contributed by atoms with E-state index in [1.165, 1.54) is 5.56 Å². The minimum absolute atomic E-state index is 0. The summed E-state index contributed by atoms with van der Waals surface area (Å²) in [6.07, 6.45) is 1.81. The van der Waals surface area contributed by atoms with Crippen LogP contribution in [0.25, 0.3) is 0 Å². The summed E-state index contributed by atoms with van der Waals surface area (Å²) in [5, 5.41) is 0. The third-order valence-electron chi connectivity index (χ3n) is 3.49. The molecule has 0 saturated heterocycles. The molecule has 2 aromatic carbocycles. The fourth-order valence-corrected chi connectivity index (χ4v) is 2.14. The van der Waals surface area contributed by atoms with Crippen LogP contribution in [-0.2, 0) is 13.0 Å². The van der Waals surface area contributed by atoms with E-state index in [1.54, 1.807) is 7.11 Å². The SMILES string of the molecule is CCC(N)Cc1ccc(OC)c(OCc2ccccc2)c1.Cl. The summed E-state index contributed by atoms with van der Waals surface area (Å²) in [6, 6.07) is 16.3. The zero-order chi connectivity index (χ0) is 15.1. The molecule has 3 nitrogen and oxygen atoms in total. The Morgan fingerprint density at radius 3 is 2.36 bits per heavy atom. The van der Waals surface area contributed by atoms with Gasteiger partial charge in [0.25, 0.3) is 0 Å². The van der Waals surface area contributed by atoms with Crippen molar-refractivity contribution in [2.45, 2.75) is 32.4 Å². The van der Waals surface area contributed by atoms with Crippen LogP contribution < -0.4 is 15.2 Å². The zero-order valence-corrected chi connectivity index (χ0v) is 13.9. The van der Waals surface area contributed by atoms with Crippen LogP contribution in [-0.4, -0.2) is 13.2 Å². The molecular weight excluding hydrogens is 298 g/mol. The molecule has 0 spiro atoms. The first-order valence-electron chi connectivity index (χ1n) is 7.32. The highest BCUT2D eigenvalue weighted by molar-refractivity contribution is 5.85. The first-order valence-corrected chi connectivity index (χ1v) is 7.32. The second-order valence-electron chi connectivity index (χ2n) is 5.13. The molecule has 2 rings (SSSR count). The summed E-state index contributed by atoms with van der Waals surface area (Å²) in [5.41, 5.74) is 8.33. The Hall–Kier alpha value is -1.71. The summed E-state index contributed by atoms with van der Waals surface area (Å²) < 4.78 is 11.3. The molecule has 0 aliphatic rings. The van der Waals surface area contributed by atoms with Crippen LogP contribution in [0.15, 0.2) is 48.5 Å². The molecule has 22 heavy (non-hydrogen) atoms. The molecule has 0 bridgehead atoms. The maximum atomic E-state index is 6.02. The lowest BCUT2D eigenvalue weighted by atomic mass is 10.0. The fraction of sp³-hybridized carbons (Fsp3) is 0.333. The minimum atomic E-state index is 0. The van der Waals surface area contributed by atoms with Crippen LogP contribution in [0.1, 0.15) is 24.5 Å². The van der Waals surface area contributed by atoms with E-state index in [0.29, 0.717) is 6.61 Å². The number of rotatable bonds is 7. The summed E-state index contributed by atoms with van der Waals surface area (Å²) in [6.45, 7) is 2.63. The predicted octanol–water partition coefficient (Wildman–Crippen LogP) is 3.98. The lowest BCUT2D eigenvalue weighted by Gasteiger charge is -2.14. The topological polar surface area (TPSA) is 44.5 Å². The van der Waals surface area contributed by atoms with Crippen molar-refractivity contribution in [3.05, 3.63) is 59.7 Å². The molecule has 1 atom stereocenters. The van der Waals surface area contributed by atoms with Crippen LogP contribution in [0, 0.1) is 0 Å². The van der Waals surface area contributed by atoms with Crippen molar-refractivity contribution in [1.29, 1.82) is 0 Å². The number of nitrogens with two attached hydrogens (primary N) is 1. The van der Waals surface area contributed by atoms with Gasteiger partial charge in [0.2, 0.25) is 0 Å². The average molecular weight is 322 g/mol. The molecule has 4 heteroatoms. The van der Waals surface area contributed by atoms with Crippen molar-refractivity contribution in [3.8, 4) is 11.5 Å². The van der Waals surface area contributed by atoms with Crippen LogP contribution in [0.4, 0.5) is 0 Å². The lowest BCUT2D eigenvalue weighted by Crippen LogP contribution is -2.21. The standard InChI is InChI=1S/C18H23NO2.ClH/c1-3-16(19)11-15-9-10-17(20-2)18(12-15)21-13-14-7-5-4-6-8-14;/h4-10,12,16H,3,11,13,19H2,1-2H3;1H. The van der Waals surface area contributed by atoms with Gasteiger partial charge in [0, 0.05) is 6.04 Å². The number of benzene rings is 2. The molecule has 0 amide bonds. The monoisotopic (exact) mass is 321 g/mol. The maximum Gasteiger partial charge on any atom is 0.161 e. The van der Waals surface area contributed by atoms with Gasteiger partial charge in [-0.05, 0) is 36.1 Å². The molecular formula is C18H24ClNO2. The van der Waals surface area contributed by atoms with Crippen molar-refractivity contribution in [1.82, 2.24) is 0 Å². The largest absolute Gasteiger partial charge is 0.493 e. The Morgan fingerprint density at radius 2 is 1.73 bits per heavy atom. The summed E-state index contributed by atoms with van der Waals surface area (Å²) in [4.78, 5) is 0. The van der Waals surface area contributed by atoms with E-state index in [2.05, 4.69) is 6.92 Å². The summed E-state index contributed by atoms with van der Waals surface area (Å²) in [7, 11) is 1.65. The van der Waals surface area contributed by atoms with Crippen molar-refractivity contribution >= 4 is 12.4 Å². The van der Waals surface area contributed by atoms with Gasteiger partial charge in [0.05, 0.1) is 7.11 Å². The molecule has 0 aromatic heterocycles. The quantitative estimate of drug-likeness (QED) is 0.839. The van der Waals surface area contributed by atoms with Crippen molar-refractivity contribution in [2.24, 2.45) is 5.73 Å². The molecule has 0 radical (unpaired) electrons. The maximum absolute atomic E-state index is 6.02. The Bertz CT molecular complexity index is 560. The zero-order valence-electron chi connectivity index (χ0n) is 13.1. The number of hydrogen-bond acceptors (Lipinski definition) is 3. The number of methoxy groups -OCH3 is 1. The van der Waals surface area contributed by atoms with E-state index >= 15 is 0 Å². The van der Waals surface area contributed by atoms with E-state index in [4.69, 9.17) is 15.2 Å². The Labute approximate surface area is 138 Å². The molecule has 0 aliphatic heterocycles. The molecule has 0 aliphatic carbocycles. The van der Waals surface area contributed by atoms with E-state index in [1.807, 2.05) is 48.5 Å². The highest BCUT2D eigenvalue weighted by atomic mass is 35.5. The highest BCUT2D eigenvalue weighted by Gasteiger charge is 2.08. The van der Waals surface area contributed by atoms with Gasteiger partial charge in [0.1, 0.15) is 6.61 Å². The third-order valence-corrected chi connectivity index (χ3v) is 3.49. The molecule has 120 valence electrons. The van der Waals surface area contributed by atoms with E-state index in [0.717, 1.165) is 29.9 Å². The molecule has 2 N–H and O–H groups in total. The predicted molar refractivity (Wildman–Crippen MR) is 93.0 cm³/mol. The van der Waals surface area contributed by atoms with Crippen molar-refractivity contribution in [2.75, 3.05) is 7.11 Å². The normalized spacial score (nSPS) is 11.4. The van der Waals surface area contributed by atoms with Gasteiger partial charge in [-0.2, -0.15) is 0 Å². The molecule has 0 saturated carbocycles. The van der Waals surface area contributed by atoms with Gasteiger partial charge in [-0.1, -0.05) is 43.3 Å². The fourth-order valence-electron chi connectivity index (χ4n) is 2.14. The van der Waals surface area contributed by atoms with Gasteiger partial charge in [0.15, 0.2) is 11.5 Å². The van der Waals surface area contributed by atoms with Crippen LogP contribution in [0.2, 0.25) is 0 Å². The molecule has 1 unspecified atom stereocenters. The smallest absolute Gasteiger partial charge is 0.161 e. The van der Waals surface area contributed by atoms with Gasteiger partial charge >= 0.3 is 0 Å². The van der Waals surface area contributed by atoms with Gasteiger partial charge in [-0.25, -0.2) is 0 Å². The Kier molecular flexibility index (Phi) is 7.78. The van der Waals surface area contributed by atoms with Crippen LogP contribution >= 0.6 is 12.4 Å². The van der Waals surface area contributed by atoms with Crippen LogP contribution in [0.5, 0.6) is 11.5 Å². The van der Waals surface area contributed by atoms with Crippen molar-refractivity contribution < 1.29 is 9.47 Å². The van der Waals surface area contributed by atoms with E-state index < -0.39 is 0 Å². The first-order chi connectivity index (χ1) is 10.2. The van der Waals surface area contributed by atoms with E-state index in [9.17, 15) is 0 Å². The van der Waals surface area contributed by atoms with Gasteiger partial charge in [-0.3, -0.25) is 0 Å². The summed E-state index contributed by atoms with van der Waals surface area (Å²) >= 11 is 0. The second-order valence-corrected chi connectivity index (χ2v) is 5.13. The average Bonchev–Trinajstić information content (AvgIpc) is 2.54. The molecule has 0 heterocycles. The lowest BCUT2D eigenvalue weighted by molar-refractivity contribution is 0.284. The van der Waals surface area contributed by atoms with Gasteiger partial charge < -0.3 is 15.2 Å². The minimum Gasteiger partial charge on any atom is -0.493 e. The Morgan fingerprint density at radius 1 is 1.00 bits per heavy atom. The first kappa shape index (κ1) is 18.3. The highest BCUT2D eigenvalue weighted by Crippen LogP contribution is 2.29. The number of hydrogen-bond donors (Lipinski definition) is 1. The van der Waals surface area contributed by atoms with Crippen LogP contribution in [0.3, 0.4) is 0 Å². The third kappa shape index (κ3) is 5.24.